The van der Waals surface area contributed by atoms with Crippen LogP contribution in [0.2, 0.25) is 0 Å². The molecular formula is C81H154O17P2. The Kier molecular flexibility index (Phi) is 71.6. The zero-order valence-electron chi connectivity index (χ0n) is 64.8. The highest BCUT2D eigenvalue weighted by Gasteiger charge is 2.30. The number of carbonyl (C=O) groups is 4. The summed E-state index contributed by atoms with van der Waals surface area (Å²) in [5.74, 6) is -1.33. The van der Waals surface area contributed by atoms with Crippen molar-refractivity contribution < 1.29 is 80.2 Å². The van der Waals surface area contributed by atoms with E-state index in [-0.39, 0.29) is 25.7 Å². The molecule has 0 aliphatic carbocycles. The molecule has 17 nitrogen and oxygen atoms in total. The lowest BCUT2D eigenvalue weighted by atomic mass is 9.99. The van der Waals surface area contributed by atoms with Crippen LogP contribution in [0.5, 0.6) is 0 Å². The number of esters is 4. The molecule has 0 aliphatic rings. The smallest absolute Gasteiger partial charge is 0.462 e. The summed E-state index contributed by atoms with van der Waals surface area (Å²) >= 11 is 0. The van der Waals surface area contributed by atoms with E-state index in [9.17, 15) is 43.2 Å². The predicted molar refractivity (Wildman–Crippen MR) is 409 cm³/mol. The number of phosphoric acid groups is 2. The van der Waals surface area contributed by atoms with Crippen molar-refractivity contribution in [2.24, 2.45) is 5.92 Å². The standard InChI is InChI=1S/C81H154O17P2/c1-6-10-13-16-19-22-25-28-30-31-32-34-37-40-46-51-56-61-66-80(85)97-76(70-92-79(84)65-60-55-50-45-39-36-33-29-26-23-20-17-14-11-7-2)72-95-99(87,88)93-68-75(82)69-94-100(89,90)96-73-77(71-91-78(83)64-59-54-49-44-38-35-27-24-21-18-15-12-8-3)98-81(86)67-62-57-52-47-42-41-43-48-53-58-63-74(5)9-4/h23,26,29,33,74-77,82H,6-22,24-25,27-28,30-32,34-73H2,1-5H3,(H,87,88)(H,89,90)/b26-23-,33-29-/t74?,75-,76-,77-/m1/s1. The maximum atomic E-state index is 13.1. The molecule has 0 rings (SSSR count). The number of rotatable bonds is 79. The van der Waals surface area contributed by atoms with E-state index < -0.39 is 97.5 Å². The van der Waals surface area contributed by atoms with Crippen LogP contribution in [-0.4, -0.2) is 96.7 Å². The minimum Gasteiger partial charge on any atom is -0.462 e. The van der Waals surface area contributed by atoms with E-state index in [4.69, 9.17) is 37.0 Å². The third-order valence-corrected chi connectivity index (χ3v) is 20.7. The van der Waals surface area contributed by atoms with E-state index in [1.54, 1.807) is 0 Å². The largest absolute Gasteiger partial charge is 0.472 e. The highest BCUT2D eigenvalue weighted by Crippen LogP contribution is 2.45. The fraction of sp³-hybridized carbons (Fsp3) is 0.901. The minimum absolute atomic E-state index is 0.102. The third kappa shape index (κ3) is 72.5. The molecule has 0 bridgehead atoms. The van der Waals surface area contributed by atoms with E-state index in [0.29, 0.717) is 25.7 Å². The van der Waals surface area contributed by atoms with Crippen molar-refractivity contribution in [2.75, 3.05) is 39.6 Å². The van der Waals surface area contributed by atoms with Gasteiger partial charge in [-0.25, -0.2) is 9.13 Å². The van der Waals surface area contributed by atoms with Gasteiger partial charge in [-0.15, -0.1) is 0 Å². The van der Waals surface area contributed by atoms with Crippen LogP contribution in [0, 0.1) is 5.92 Å². The van der Waals surface area contributed by atoms with E-state index in [1.807, 2.05) is 0 Å². The molecule has 0 spiro atoms. The fourth-order valence-electron chi connectivity index (χ4n) is 12.0. The molecule has 0 heterocycles. The monoisotopic (exact) mass is 1460 g/mol. The van der Waals surface area contributed by atoms with Gasteiger partial charge in [0.1, 0.15) is 19.3 Å². The summed E-state index contributed by atoms with van der Waals surface area (Å²) in [7, 11) is -9.93. The fourth-order valence-corrected chi connectivity index (χ4v) is 13.6. The Morgan fingerprint density at radius 2 is 0.560 bits per heavy atom. The van der Waals surface area contributed by atoms with Crippen LogP contribution in [0.1, 0.15) is 407 Å². The van der Waals surface area contributed by atoms with Gasteiger partial charge < -0.3 is 33.8 Å². The Hall–Kier alpha value is -2.46. The van der Waals surface area contributed by atoms with Crippen LogP contribution in [0.3, 0.4) is 0 Å². The summed E-state index contributed by atoms with van der Waals surface area (Å²) in [5.41, 5.74) is 0. The highest BCUT2D eigenvalue weighted by molar-refractivity contribution is 7.47. The molecule has 19 heteroatoms. The maximum Gasteiger partial charge on any atom is 0.472 e. The van der Waals surface area contributed by atoms with Crippen molar-refractivity contribution in [3.63, 3.8) is 0 Å². The zero-order chi connectivity index (χ0) is 73.4. The van der Waals surface area contributed by atoms with Gasteiger partial charge in [0.05, 0.1) is 26.4 Å². The zero-order valence-corrected chi connectivity index (χ0v) is 66.6. The molecule has 3 unspecified atom stereocenters. The average molecular weight is 1460 g/mol. The number of hydrogen-bond acceptors (Lipinski definition) is 15. The van der Waals surface area contributed by atoms with Crippen LogP contribution in [-0.2, 0) is 65.4 Å². The first kappa shape index (κ1) is 97.5. The van der Waals surface area contributed by atoms with E-state index >= 15 is 0 Å². The summed E-state index contributed by atoms with van der Waals surface area (Å²) in [5, 5.41) is 10.6. The van der Waals surface area contributed by atoms with Crippen LogP contribution in [0.4, 0.5) is 0 Å². The molecule has 0 amide bonds. The first-order valence-electron chi connectivity index (χ1n) is 41.5. The molecule has 0 aliphatic heterocycles. The third-order valence-electron chi connectivity index (χ3n) is 18.8. The molecule has 590 valence electrons. The van der Waals surface area contributed by atoms with Crippen LogP contribution >= 0.6 is 15.6 Å². The van der Waals surface area contributed by atoms with Crippen LogP contribution in [0.15, 0.2) is 24.3 Å². The van der Waals surface area contributed by atoms with E-state index in [1.165, 1.54) is 212 Å². The molecule has 0 radical (unpaired) electrons. The Morgan fingerprint density at radius 1 is 0.320 bits per heavy atom. The Balaban J connectivity index is 5.30. The number of phosphoric ester groups is 2. The number of allylic oxidation sites excluding steroid dienone is 4. The van der Waals surface area contributed by atoms with Gasteiger partial charge >= 0.3 is 39.5 Å². The SMILES string of the molecule is CCCCCC/C=C\C=C/CCCCCCCC(=O)OC[C@H](COP(=O)(O)OC[C@@H](O)COP(=O)(O)OC[C@@H](COC(=O)CCCCCCCCCCCCCCC)OC(=O)CCCCCCCCCCCCC(C)CC)OC(=O)CCCCCCCCCCCCCCCCCCCC. The van der Waals surface area contributed by atoms with Gasteiger partial charge in [-0.2, -0.15) is 0 Å². The first-order chi connectivity index (χ1) is 48.6. The second-order valence-electron chi connectivity index (χ2n) is 28.7. The molecule has 0 saturated carbocycles. The second kappa shape index (κ2) is 73.4. The molecule has 3 N–H and O–H groups in total. The highest BCUT2D eigenvalue weighted by atomic mass is 31.2. The van der Waals surface area contributed by atoms with Crippen molar-refractivity contribution in [1.82, 2.24) is 0 Å². The molecule has 0 aromatic rings. The molecule has 100 heavy (non-hydrogen) atoms. The Bertz CT molecular complexity index is 2010. The van der Waals surface area contributed by atoms with Crippen molar-refractivity contribution in [3.8, 4) is 0 Å². The van der Waals surface area contributed by atoms with Crippen molar-refractivity contribution in [2.45, 2.75) is 425 Å². The van der Waals surface area contributed by atoms with Gasteiger partial charge in [-0.1, -0.05) is 354 Å². The molecule has 6 atom stereocenters. The minimum atomic E-state index is -4.97. The maximum absolute atomic E-state index is 13.1. The van der Waals surface area contributed by atoms with E-state index in [2.05, 4.69) is 58.9 Å². The van der Waals surface area contributed by atoms with Gasteiger partial charge in [0, 0.05) is 25.7 Å². The summed E-state index contributed by atoms with van der Waals surface area (Å²) in [6, 6.07) is 0. The van der Waals surface area contributed by atoms with Crippen molar-refractivity contribution in [1.29, 1.82) is 0 Å². The molecule has 0 aromatic heterocycles. The predicted octanol–water partition coefficient (Wildman–Crippen LogP) is 24.0. The quantitative estimate of drug-likeness (QED) is 0.0169. The molecule has 0 aromatic carbocycles. The van der Waals surface area contributed by atoms with Crippen molar-refractivity contribution in [3.05, 3.63) is 24.3 Å². The lowest BCUT2D eigenvalue weighted by Crippen LogP contribution is -2.30. The summed E-state index contributed by atoms with van der Waals surface area (Å²) in [4.78, 5) is 73.0. The number of hydrogen-bond donors (Lipinski definition) is 3. The molecule has 0 saturated heterocycles. The van der Waals surface area contributed by atoms with Gasteiger partial charge in [0.25, 0.3) is 0 Å². The lowest BCUT2D eigenvalue weighted by Gasteiger charge is -2.21. The number of unbranched alkanes of at least 4 members (excludes halogenated alkanes) is 47. The summed E-state index contributed by atoms with van der Waals surface area (Å²) < 4.78 is 68.7. The number of carbonyl (C=O) groups excluding carboxylic acids is 4. The van der Waals surface area contributed by atoms with Gasteiger partial charge in [0.2, 0.25) is 0 Å². The number of ether oxygens (including phenoxy) is 4. The lowest BCUT2D eigenvalue weighted by molar-refractivity contribution is -0.161. The summed E-state index contributed by atoms with van der Waals surface area (Å²) in [6.45, 7) is 7.29. The van der Waals surface area contributed by atoms with Gasteiger partial charge in [0.15, 0.2) is 12.2 Å². The number of aliphatic hydroxyl groups is 1. The van der Waals surface area contributed by atoms with Crippen LogP contribution < -0.4 is 0 Å². The van der Waals surface area contributed by atoms with Gasteiger partial charge in [-0.3, -0.25) is 37.3 Å². The summed E-state index contributed by atoms with van der Waals surface area (Å²) in [6.07, 6.45) is 67.2. The van der Waals surface area contributed by atoms with Gasteiger partial charge in [-0.05, 0) is 57.3 Å². The first-order valence-corrected chi connectivity index (χ1v) is 44.5. The number of aliphatic hydroxyl groups excluding tert-OH is 1. The normalized spacial score (nSPS) is 14.3. The Morgan fingerprint density at radius 3 is 0.850 bits per heavy atom. The van der Waals surface area contributed by atoms with E-state index in [0.717, 1.165) is 115 Å². The average Bonchev–Trinajstić information content (AvgIpc) is 0.946. The van der Waals surface area contributed by atoms with Crippen molar-refractivity contribution >= 4 is 39.5 Å². The molecular weight excluding hydrogens is 1310 g/mol. The Labute approximate surface area is 612 Å². The topological polar surface area (TPSA) is 237 Å². The van der Waals surface area contributed by atoms with Crippen LogP contribution in [0.25, 0.3) is 0 Å². The molecule has 0 fully saturated rings. The second-order valence-corrected chi connectivity index (χ2v) is 31.6.